The first-order valence-electron chi connectivity index (χ1n) is 16.3. The maximum Gasteiger partial charge on any atom is 0.407 e. The van der Waals surface area contributed by atoms with Gasteiger partial charge in [0, 0.05) is 80.8 Å². The second kappa shape index (κ2) is 11.7. The number of H-pyrrole nitrogens is 1. The molecule has 0 bridgehead atoms. The quantitative estimate of drug-likeness (QED) is 0.360. The molecule has 11 nitrogen and oxygen atoms in total. The minimum absolute atomic E-state index is 0.0792. The van der Waals surface area contributed by atoms with Crippen molar-refractivity contribution in [2.24, 2.45) is 11.3 Å². The Bertz CT molecular complexity index is 1590. The molecule has 1 unspecified atom stereocenters. The first-order chi connectivity index (χ1) is 22.1. The van der Waals surface area contributed by atoms with Crippen LogP contribution in [0.2, 0.25) is 0 Å². The van der Waals surface area contributed by atoms with Crippen LogP contribution < -0.4 is 9.64 Å². The van der Waals surface area contributed by atoms with Crippen LogP contribution in [-0.2, 0) is 16.1 Å². The first kappa shape index (κ1) is 30.1. The molecule has 3 amide bonds. The zero-order valence-electron chi connectivity index (χ0n) is 26.5. The minimum Gasteiger partial charge on any atom is -0.478 e. The van der Waals surface area contributed by atoms with Crippen LogP contribution in [0.25, 0.3) is 11.1 Å². The Labute approximate surface area is 269 Å². The normalized spacial score (nSPS) is 20.6. The van der Waals surface area contributed by atoms with Crippen molar-refractivity contribution in [1.82, 2.24) is 24.9 Å². The molecule has 3 aliphatic heterocycles. The summed E-state index contributed by atoms with van der Waals surface area (Å²) in [6, 6.07) is 16.5. The fraction of sp³-hybridized carbons (Fsp3) is 0.486. The lowest BCUT2D eigenvalue weighted by Crippen LogP contribution is -2.75. The molecule has 3 saturated heterocycles. The number of amides is 3. The van der Waals surface area contributed by atoms with Gasteiger partial charge in [-0.05, 0) is 62.8 Å². The predicted octanol–water partition coefficient (Wildman–Crippen LogP) is 4.46. The summed E-state index contributed by atoms with van der Waals surface area (Å²) in [6.45, 7) is 7.76. The van der Waals surface area contributed by atoms with Crippen LogP contribution in [0.1, 0.15) is 45.1 Å². The van der Waals surface area contributed by atoms with E-state index in [0.717, 1.165) is 54.6 Å². The standard InChI is InChI=1S/C35H42N6O5/c1-34(2,32(43)39-20-35(21-39)22-40(23-35)33(44)45)46-30-7-3-6-29(15-30)38-14-4-5-26(19-38)31(42)41(28-12-13-28)18-24-8-10-25(11-9-24)27-16-36-37-17-27/h3,6-11,15-17,26,28H,4-5,12-14,18-23H2,1-2H3,(H,36,37)(H,44,45). The molecule has 242 valence electrons. The summed E-state index contributed by atoms with van der Waals surface area (Å²) in [7, 11) is 0. The van der Waals surface area contributed by atoms with Crippen molar-refractivity contribution in [3.8, 4) is 16.9 Å². The maximum absolute atomic E-state index is 14.0. The molecule has 11 heteroatoms. The molecule has 3 aromatic rings. The molecule has 1 atom stereocenters. The number of anilines is 1. The third-order valence-electron chi connectivity index (χ3n) is 9.91. The van der Waals surface area contributed by atoms with Gasteiger partial charge >= 0.3 is 6.09 Å². The second-order valence-electron chi connectivity index (χ2n) is 14.1. The third kappa shape index (κ3) is 6.02. The van der Waals surface area contributed by atoms with E-state index >= 15 is 0 Å². The molecule has 2 aromatic carbocycles. The van der Waals surface area contributed by atoms with Crippen molar-refractivity contribution in [1.29, 1.82) is 0 Å². The number of carboxylic acid groups (broad SMARTS) is 1. The number of ether oxygens (including phenoxy) is 1. The van der Waals surface area contributed by atoms with Gasteiger partial charge in [-0.1, -0.05) is 30.3 Å². The van der Waals surface area contributed by atoms with E-state index in [2.05, 4.69) is 44.3 Å². The fourth-order valence-electron chi connectivity index (χ4n) is 7.30. The zero-order valence-corrected chi connectivity index (χ0v) is 26.5. The van der Waals surface area contributed by atoms with Gasteiger partial charge < -0.3 is 29.4 Å². The third-order valence-corrected chi connectivity index (χ3v) is 9.91. The van der Waals surface area contributed by atoms with E-state index in [1.807, 2.05) is 36.7 Å². The number of benzene rings is 2. The van der Waals surface area contributed by atoms with Crippen LogP contribution in [0, 0.1) is 11.3 Å². The Morgan fingerprint density at radius 3 is 2.43 bits per heavy atom. The fourth-order valence-corrected chi connectivity index (χ4v) is 7.30. The van der Waals surface area contributed by atoms with Crippen LogP contribution >= 0.6 is 0 Å². The topological polar surface area (TPSA) is 122 Å². The number of aromatic amines is 1. The zero-order chi connectivity index (χ0) is 32.1. The Kier molecular flexibility index (Phi) is 7.65. The average Bonchev–Trinajstić information content (AvgIpc) is 3.70. The van der Waals surface area contributed by atoms with Crippen LogP contribution in [0.4, 0.5) is 10.5 Å². The molecule has 4 heterocycles. The summed E-state index contributed by atoms with van der Waals surface area (Å²) < 4.78 is 6.28. The Morgan fingerprint density at radius 2 is 1.76 bits per heavy atom. The number of carbonyl (C=O) groups excluding carboxylic acids is 2. The van der Waals surface area contributed by atoms with E-state index in [4.69, 9.17) is 9.84 Å². The number of hydrogen-bond acceptors (Lipinski definition) is 6. The van der Waals surface area contributed by atoms with Crippen molar-refractivity contribution in [3.63, 3.8) is 0 Å². The monoisotopic (exact) mass is 626 g/mol. The molecule has 1 aliphatic carbocycles. The highest BCUT2D eigenvalue weighted by molar-refractivity contribution is 5.86. The number of likely N-dealkylation sites (tertiary alicyclic amines) is 2. The molecular weight excluding hydrogens is 584 g/mol. The van der Waals surface area contributed by atoms with Gasteiger partial charge in [-0.2, -0.15) is 5.10 Å². The molecule has 1 aromatic heterocycles. The SMILES string of the molecule is CC(C)(Oc1cccc(N2CCCC(C(=O)N(Cc3ccc(-c4cn[nH]c4)cc3)C3CC3)C2)c1)C(=O)N1CC2(CN(C(=O)O)C2)C1. The Hall–Kier alpha value is -4.54. The highest BCUT2D eigenvalue weighted by atomic mass is 16.5. The number of rotatable bonds is 9. The largest absolute Gasteiger partial charge is 0.478 e. The lowest BCUT2D eigenvalue weighted by Gasteiger charge is -2.60. The van der Waals surface area contributed by atoms with E-state index in [0.29, 0.717) is 51.1 Å². The summed E-state index contributed by atoms with van der Waals surface area (Å²) in [6.07, 6.45) is 6.70. The summed E-state index contributed by atoms with van der Waals surface area (Å²) in [4.78, 5) is 46.0. The van der Waals surface area contributed by atoms with Gasteiger partial charge in [-0.25, -0.2) is 4.79 Å². The Morgan fingerprint density at radius 1 is 1.02 bits per heavy atom. The van der Waals surface area contributed by atoms with Crippen LogP contribution in [0.15, 0.2) is 60.9 Å². The summed E-state index contributed by atoms with van der Waals surface area (Å²) in [5, 5.41) is 16.0. The molecule has 1 spiro atoms. The van der Waals surface area contributed by atoms with Gasteiger partial charge in [0.25, 0.3) is 5.91 Å². The van der Waals surface area contributed by atoms with E-state index in [9.17, 15) is 14.4 Å². The second-order valence-corrected chi connectivity index (χ2v) is 14.1. The van der Waals surface area contributed by atoms with Crippen molar-refractivity contribution >= 4 is 23.6 Å². The number of aromatic nitrogens is 2. The van der Waals surface area contributed by atoms with E-state index in [1.54, 1.807) is 18.7 Å². The van der Waals surface area contributed by atoms with Gasteiger partial charge in [-0.15, -0.1) is 0 Å². The van der Waals surface area contributed by atoms with Crippen LogP contribution in [-0.4, -0.2) is 98.8 Å². The summed E-state index contributed by atoms with van der Waals surface area (Å²) >= 11 is 0. The number of hydrogen-bond donors (Lipinski definition) is 2. The molecule has 4 fully saturated rings. The molecule has 46 heavy (non-hydrogen) atoms. The summed E-state index contributed by atoms with van der Waals surface area (Å²) in [5.74, 6) is 0.663. The molecule has 0 radical (unpaired) electrons. The minimum atomic E-state index is -1.07. The van der Waals surface area contributed by atoms with Crippen molar-refractivity contribution in [2.45, 2.75) is 57.7 Å². The first-order valence-corrected chi connectivity index (χ1v) is 16.3. The lowest BCUT2D eigenvalue weighted by atomic mass is 9.72. The molecule has 2 N–H and O–H groups in total. The molecule has 1 saturated carbocycles. The maximum atomic E-state index is 14.0. The highest BCUT2D eigenvalue weighted by Crippen LogP contribution is 2.41. The van der Waals surface area contributed by atoms with Gasteiger partial charge in [0.1, 0.15) is 5.75 Å². The van der Waals surface area contributed by atoms with Crippen LogP contribution in [0.3, 0.4) is 0 Å². The van der Waals surface area contributed by atoms with Gasteiger partial charge in [-0.3, -0.25) is 14.7 Å². The number of piperidine rings is 1. The average molecular weight is 627 g/mol. The van der Waals surface area contributed by atoms with E-state index < -0.39 is 11.7 Å². The highest BCUT2D eigenvalue weighted by Gasteiger charge is 2.56. The Balaban J connectivity index is 0.965. The predicted molar refractivity (Wildman–Crippen MR) is 172 cm³/mol. The van der Waals surface area contributed by atoms with E-state index in [-0.39, 0.29) is 23.1 Å². The molecule has 4 aliphatic rings. The van der Waals surface area contributed by atoms with Gasteiger partial charge in [0.05, 0.1) is 12.1 Å². The number of nitrogens with zero attached hydrogens (tertiary/aromatic N) is 5. The van der Waals surface area contributed by atoms with Gasteiger partial charge in [0.15, 0.2) is 5.60 Å². The lowest BCUT2D eigenvalue weighted by molar-refractivity contribution is -0.168. The smallest absolute Gasteiger partial charge is 0.407 e. The van der Waals surface area contributed by atoms with Crippen molar-refractivity contribution in [2.75, 3.05) is 44.2 Å². The van der Waals surface area contributed by atoms with E-state index in [1.165, 1.54) is 4.90 Å². The molecule has 7 rings (SSSR count). The van der Waals surface area contributed by atoms with Crippen molar-refractivity contribution < 1.29 is 24.2 Å². The van der Waals surface area contributed by atoms with Crippen molar-refractivity contribution in [3.05, 3.63) is 66.5 Å². The summed E-state index contributed by atoms with van der Waals surface area (Å²) in [5.41, 5.74) is 3.08. The van der Waals surface area contributed by atoms with Crippen LogP contribution in [0.5, 0.6) is 5.75 Å². The van der Waals surface area contributed by atoms with Gasteiger partial charge in [0.2, 0.25) is 5.91 Å². The number of nitrogens with one attached hydrogen (secondary N) is 1. The number of carbonyl (C=O) groups is 3. The molecular formula is C35H42N6O5.